The summed E-state index contributed by atoms with van der Waals surface area (Å²) in [6, 6.07) is 0. The molecule has 0 aliphatic carbocycles. The minimum atomic E-state index is -0.874. The van der Waals surface area contributed by atoms with Gasteiger partial charge in [-0.25, -0.2) is 0 Å². The Kier molecular flexibility index (Phi) is 2.84. The van der Waals surface area contributed by atoms with Crippen molar-refractivity contribution < 1.29 is 18.9 Å². The summed E-state index contributed by atoms with van der Waals surface area (Å²) in [6.45, 7) is 0. The Bertz CT molecular complexity index is 122. The SMILES string of the molecule is COC1CCC(OC)(OC)O1. The molecule has 66 valence electrons. The molecule has 0 aromatic heterocycles. The summed E-state index contributed by atoms with van der Waals surface area (Å²) in [5.41, 5.74) is 0. The van der Waals surface area contributed by atoms with Gasteiger partial charge in [-0.3, -0.25) is 4.74 Å². The van der Waals surface area contributed by atoms with Crippen molar-refractivity contribution in [2.45, 2.75) is 25.1 Å². The summed E-state index contributed by atoms with van der Waals surface area (Å²) in [7, 11) is 4.72. The standard InChI is InChI=1S/C7H14O4/c1-8-6-4-5-7(9-2,10-3)11-6/h6H,4-5H2,1-3H3. The predicted octanol–water partition coefficient (Wildman–Crippen LogP) is 0.716. The number of ether oxygens (including phenoxy) is 4. The molecule has 0 radical (unpaired) electrons. The molecule has 1 heterocycles. The van der Waals surface area contributed by atoms with Gasteiger partial charge in [-0.1, -0.05) is 0 Å². The number of methoxy groups -OCH3 is 3. The van der Waals surface area contributed by atoms with E-state index >= 15 is 0 Å². The van der Waals surface area contributed by atoms with Gasteiger partial charge in [-0.2, -0.15) is 0 Å². The lowest BCUT2D eigenvalue weighted by Crippen LogP contribution is -2.33. The molecule has 1 aliphatic rings. The third kappa shape index (κ3) is 1.70. The Morgan fingerprint density at radius 2 is 1.91 bits per heavy atom. The lowest BCUT2D eigenvalue weighted by Gasteiger charge is -2.24. The minimum absolute atomic E-state index is 0.199. The lowest BCUT2D eigenvalue weighted by molar-refractivity contribution is -0.371. The zero-order valence-electron chi connectivity index (χ0n) is 7.12. The highest BCUT2D eigenvalue weighted by Gasteiger charge is 2.41. The van der Waals surface area contributed by atoms with E-state index in [1.165, 1.54) is 0 Å². The van der Waals surface area contributed by atoms with Crippen LogP contribution in [0.1, 0.15) is 12.8 Å². The second kappa shape index (κ2) is 3.49. The molecule has 0 aromatic rings. The van der Waals surface area contributed by atoms with E-state index in [-0.39, 0.29) is 6.29 Å². The van der Waals surface area contributed by atoms with Crippen molar-refractivity contribution in [1.82, 2.24) is 0 Å². The molecular weight excluding hydrogens is 148 g/mol. The Morgan fingerprint density at radius 3 is 2.18 bits per heavy atom. The largest absolute Gasteiger partial charge is 0.356 e. The van der Waals surface area contributed by atoms with Crippen molar-refractivity contribution in [2.75, 3.05) is 21.3 Å². The highest BCUT2D eigenvalue weighted by Crippen LogP contribution is 2.31. The van der Waals surface area contributed by atoms with Crippen LogP contribution in [0.15, 0.2) is 0 Å². The van der Waals surface area contributed by atoms with E-state index in [2.05, 4.69) is 0 Å². The van der Waals surface area contributed by atoms with Crippen molar-refractivity contribution in [3.8, 4) is 0 Å². The number of hydrogen-bond donors (Lipinski definition) is 0. The van der Waals surface area contributed by atoms with Crippen LogP contribution in [-0.2, 0) is 18.9 Å². The van der Waals surface area contributed by atoms with Crippen molar-refractivity contribution in [3.05, 3.63) is 0 Å². The quantitative estimate of drug-likeness (QED) is 0.573. The van der Waals surface area contributed by atoms with Crippen LogP contribution in [0, 0.1) is 0 Å². The number of rotatable bonds is 3. The van der Waals surface area contributed by atoms with Crippen LogP contribution in [-0.4, -0.2) is 33.6 Å². The first kappa shape index (κ1) is 8.93. The Labute approximate surface area is 66.4 Å². The summed E-state index contributed by atoms with van der Waals surface area (Å²) in [4.78, 5) is 0. The first-order chi connectivity index (χ1) is 5.26. The van der Waals surface area contributed by atoms with Gasteiger partial charge in [0, 0.05) is 34.2 Å². The molecule has 11 heavy (non-hydrogen) atoms. The highest BCUT2D eigenvalue weighted by molar-refractivity contribution is 4.67. The second-order valence-electron chi connectivity index (χ2n) is 2.41. The fourth-order valence-corrected chi connectivity index (χ4v) is 1.16. The topological polar surface area (TPSA) is 36.9 Å². The first-order valence-electron chi connectivity index (χ1n) is 3.57. The third-order valence-electron chi connectivity index (χ3n) is 1.88. The maximum Gasteiger partial charge on any atom is 0.284 e. The fraction of sp³-hybridized carbons (Fsp3) is 1.00. The van der Waals surface area contributed by atoms with Gasteiger partial charge in [-0.05, 0) is 0 Å². The molecule has 1 saturated heterocycles. The van der Waals surface area contributed by atoms with Crippen LogP contribution < -0.4 is 0 Å². The number of hydrogen-bond acceptors (Lipinski definition) is 4. The van der Waals surface area contributed by atoms with E-state index in [1.807, 2.05) is 0 Å². The van der Waals surface area contributed by atoms with Crippen LogP contribution in [0.2, 0.25) is 0 Å². The molecule has 0 bridgehead atoms. The molecule has 4 nitrogen and oxygen atoms in total. The predicted molar refractivity (Wildman–Crippen MR) is 37.9 cm³/mol. The molecule has 1 aliphatic heterocycles. The summed E-state index contributed by atoms with van der Waals surface area (Å²) in [5.74, 6) is -0.874. The Hall–Kier alpha value is -0.160. The van der Waals surface area contributed by atoms with Crippen LogP contribution in [0.3, 0.4) is 0 Å². The van der Waals surface area contributed by atoms with E-state index in [9.17, 15) is 0 Å². The van der Waals surface area contributed by atoms with Gasteiger partial charge in [0.25, 0.3) is 5.97 Å². The van der Waals surface area contributed by atoms with Gasteiger partial charge in [-0.15, -0.1) is 0 Å². The average Bonchev–Trinajstić information content (AvgIpc) is 2.49. The molecule has 0 N–H and O–H groups in total. The Balaban J connectivity index is 2.48. The molecule has 1 atom stereocenters. The molecule has 4 heteroatoms. The smallest absolute Gasteiger partial charge is 0.284 e. The monoisotopic (exact) mass is 162 g/mol. The Morgan fingerprint density at radius 1 is 1.27 bits per heavy atom. The van der Waals surface area contributed by atoms with Gasteiger partial charge >= 0.3 is 0 Å². The van der Waals surface area contributed by atoms with Gasteiger partial charge in [0.1, 0.15) is 0 Å². The normalized spacial score (nSPS) is 29.2. The summed E-state index contributed by atoms with van der Waals surface area (Å²) in [6.07, 6.45) is 1.31. The van der Waals surface area contributed by atoms with Crippen molar-refractivity contribution in [1.29, 1.82) is 0 Å². The summed E-state index contributed by atoms with van der Waals surface area (Å²) in [5, 5.41) is 0. The minimum Gasteiger partial charge on any atom is -0.356 e. The maximum atomic E-state index is 5.33. The van der Waals surface area contributed by atoms with Crippen molar-refractivity contribution >= 4 is 0 Å². The first-order valence-corrected chi connectivity index (χ1v) is 3.57. The van der Waals surface area contributed by atoms with E-state index in [4.69, 9.17) is 18.9 Å². The third-order valence-corrected chi connectivity index (χ3v) is 1.88. The second-order valence-corrected chi connectivity index (χ2v) is 2.41. The van der Waals surface area contributed by atoms with E-state index in [0.29, 0.717) is 6.42 Å². The van der Waals surface area contributed by atoms with Gasteiger partial charge in [0.05, 0.1) is 0 Å². The van der Waals surface area contributed by atoms with Gasteiger partial charge in [0.2, 0.25) is 0 Å². The fourth-order valence-electron chi connectivity index (χ4n) is 1.16. The molecule has 1 rings (SSSR count). The molecular formula is C7H14O4. The van der Waals surface area contributed by atoms with E-state index in [0.717, 1.165) is 6.42 Å². The van der Waals surface area contributed by atoms with Gasteiger partial charge < -0.3 is 14.2 Å². The van der Waals surface area contributed by atoms with Crippen molar-refractivity contribution in [3.63, 3.8) is 0 Å². The van der Waals surface area contributed by atoms with E-state index < -0.39 is 5.97 Å². The van der Waals surface area contributed by atoms with Gasteiger partial charge in [0.15, 0.2) is 6.29 Å². The average molecular weight is 162 g/mol. The van der Waals surface area contributed by atoms with Crippen LogP contribution in [0.5, 0.6) is 0 Å². The molecule has 0 saturated carbocycles. The van der Waals surface area contributed by atoms with E-state index in [1.54, 1.807) is 21.3 Å². The zero-order valence-corrected chi connectivity index (χ0v) is 7.12. The van der Waals surface area contributed by atoms with Crippen LogP contribution in [0.25, 0.3) is 0 Å². The lowest BCUT2D eigenvalue weighted by atomic mass is 10.3. The molecule has 0 spiro atoms. The summed E-state index contributed by atoms with van der Waals surface area (Å²) >= 11 is 0. The van der Waals surface area contributed by atoms with Crippen molar-refractivity contribution in [2.24, 2.45) is 0 Å². The highest BCUT2D eigenvalue weighted by atomic mass is 16.9. The van der Waals surface area contributed by atoms with Crippen LogP contribution >= 0.6 is 0 Å². The maximum absolute atomic E-state index is 5.33. The molecule has 0 aromatic carbocycles. The van der Waals surface area contributed by atoms with Crippen LogP contribution in [0.4, 0.5) is 0 Å². The zero-order chi connectivity index (χ0) is 8.32. The molecule has 1 unspecified atom stereocenters. The molecule has 1 fully saturated rings. The summed E-state index contributed by atoms with van der Waals surface area (Å²) < 4.78 is 20.4. The molecule has 0 amide bonds.